The van der Waals surface area contributed by atoms with Gasteiger partial charge >= 0.3 is 6.03 Å². The zero-order valence-electron chi connectivity index (χ0n) is 22.1. The molecule has 0 atom stereocenters. The third-order valence-corrected chi connectivity index (χ3v) is 8.49. The van der Waals surface area contributed by atoms with E-state index in [4.69, 9.17) is 0 Å². The number of hydrogen-bond acceptors (Lipinski definition) is 3. The predicted octanol–water partition coefficient (Wildman–Crippen LogP) is 4.91. The minimum atomic E-state index is -0.0504. The van der Waals surface area contributed by atoms with E-state index in [-0.39, 0.29) is 36.1 Å². The average Bonchev–Trinajstić information content (AvgIpc) is 3.32. The molecule has 0 saturated carbocycles. The molecule has 0 bridgehead atoms. The number of amides is 4. The number of nitrogens with zero attached hydrogens (tertiary/aromatic N) is 3. The number of aryl methyl sites for hydroxylation is 3. The Morgan fingerprint density at radius 2 is 1.57 bits per heavy atom. The number of benzene rings is 2. The van der Waals surface area contributed by atoms with Gasteiger partial charge in [-0.1, -0.05) is 35.9 Å². The number of piperidine rings is 1. The highest BCUT2D eigenvalue weighted by molar-refractivity contribution is 5.96. The number of rotatable bonds is 4. The first-order valence-electron chi connectivity index (χ1n) is 13.6. The molecule has 2 aromatic carbocycles. The molecule has 0 unspecified atom stereocenters. The average molecular weight is 503 g/mol. The van der Waals surface area contributed by atoms with Crippen molar-refractivity contribution in [2.45, 2.75) is 58.8 Å². The standard InChI is InChI=1S/C30H38N4O3/c1-22-9-10-25(23(2)20-22)31-29(37)32-17-13-30(14-18-32)15-19-33(21-30)27(35)11-12-28(36)34-16-5-7-24-6-3-4-8-26(24)34/h3-4,6,8-10,20H,5,7,11-19,21H2,1-2H3,(H,31,37). The minimum absolute atomic E-state index is 0.0394. The molecule has 4 amide bonds. The molecule has 1 N–H and O–H groups in total. The van der Waals surface area contributed by atoms with Gasteiger partial charge in [-0.25, -0.2) is 4.79 Å². The highest BCUT2D eigenvalue weighted by atomic mass is 16.2. The maximum Gasteiger partial charge on any atom is 0.321 e. The summed E-state index contributed by atoms with van der Waals surface area (Å²) in [6.07, 6.45) is 5.26. The summed E-state index contributed by atoms with van der Waals surface area (Å²) in [5, 5.41) is 3.06. The quantitative estimate of drug-likeness (QED) is 0.646. The number of para-hydroxylation sites is 1. The smallest absolute Gasteiger partial charge is 0.321 e. The van der Waals surface area contributed by atoms with Crippen molar-refractivity contribution in [3.63, 3.8) is 0 Å². The second-order valence-corrected chi connectivity index (χ2v) is 11.1. The summed E-state index contributed by atoms with van der Waals surface area (Å²) in [4.78, 5) is 44.5. The van der Waals surface area contributed by atoms with Crippen molar-refractivity contribution in [1.82, 2.24) is 9.80 Å². The first-order chi connectivity index (χ1) is 17.8. The summed E-state index contributed by atoms with van der Waals surface area (Å²) in [6.45, 7) is 7.66. The van der Waals surface area contributed by atoms with Crippen LogP contribution in [-0.2, 0) is 16.0 Å². The maximum atomic E-state index is 13.0. The molecule has 2 fully saturated rings. The fraction of sp³-hybridized carbons (Fsp3) is 0.500. The summed E-state index contributed by atoms with van der Waals surface area (Å²) >= 11 is 0. The van der Waals surface area contributed by atoms with E-state index in [1.54, 1.807) is 0 Å². The second kappa shape index (κ2) is 10.6. The highest BCUT2D eigenvalue weighted by Gasteiger charge is 2.42. The SMILES string of the molecule is Cc1ccc(NC(=O)N2CCC3(CCN(C(=O)CCC(=O)N4CCCc5ccccc54)C3)CC2)c(C)c1. The first kappa shape index (κ1) is 25.3. The van der Waals surface area contributed by atoms with Crippen LogP contribution in [0.3, 0.4) is 0 Å². The van der Waals surface area contributed by atoms with Crippen LogP contribution < -0.4 is 10.2 Å². The topological polar surface area (TPSA) is 73.0 Å². The molecule has 37 heavy (non-hydrogen) atoms. The van der Waals surface area contributed by atoms with Gasteiger partial charge in [0, 0.05) is 56.9 Å². The van der Waals surface area contributed by atoms with Crippen LogP contribution in [0, 0.1) is 19.3 Å². The number of anilines is 2. The Labute approximate surface area is 219 Å². The number of carbonyl (C=O) groups is 3. The van der Waals surface area contributed by atoms with E-state index in [0.717, 1.165) is 68.7 Å². The Hall–Kier alpha value is -3.35. The van der Waals surface area contributed by atoms with Crippen LogP contribution in [0.2, 0.25) is 0 Å². The second-order valence-electron chi connectivity index (χ2n) is 11.1. The van der Waals surface area contributed by atoms with Crippen LogP contribution in [0.25, 0.3) is 0 Å². The van der Waals surface area contributed by atoms with Crippen LogP contribution in [0.15, 0.2) is 42.5 Å². The van der Waals surface area contributed by atoms with Crippen molar-refractivity contribution in [2.24, 2.45) is 5.41 Å². The van der Waals surface area contributed by atoms with Crippen molar-refractivity contribution in [3.8, 4) is 0 Å². The molecule has 0 aliphatic carbocycles. The van der Waals surface area contributed by atoms with Gasteiger partial charge in [0.25, 0.3) is 0 Å². The largest absolute Gasteiger partial charge is 0.342 e. The summed E-state index contributed by atoms with van der Waals surface area (Å²) < 4.78 is 0. The van der Waals surface area contributed by atoms with Crippen LogP contribution >= 0.6 is 0 Å². The number of hydrogen-bond donors (Lipinski definition) is 1. The molecule has 1 spiro atoms. The third-order valence-electron chi connectivity index (χ3n) is 8.49. The molecule has 7 heteroatoms. The molecular formula is C30H38N4O3. The Kier molecular flexibility index (Phi) is 7.22. The van der Waals surface area contributed by atoms with Gasteiger partial charge < -0.3 is 20.0 Å². The molecule has 3 aliphatic rings. The van der Waals surface area contributed by atoms with Crippen LogP contribution in [-0.4, -0.2) is 60.4 Å². The lowest BCUT2D eigenvalue weighted by atomic mass is 9.78. The molecular weight excluding hydrogens is 464 g/mol. The number of nitrogens with one attached hydrogen (secondary N) is 1. The van der Waals surface area contributed by atoms with E-state index in [1.807, 2.05) is 58.9 Å². The van der Waals surface area contributed by atoms with Crippen molar-refractivity contribution in [2.75, 3.05) is 42.9 Å². The zero-order valence-corrected chi connectivity index (χ0v) is 22.1. The highest BCUT2D eigenvalue weighted by Crippen LogP contribution is 2.41. The number of fused-ring (bicyclic) bond motifs is 1. The van der Waals surface area contributed by atoms with Gasteiger partial charge in [0.15, 0.2) is 0 Å². The zero-order chi connectivity index (χ0) is 26.0. The molecule has 3 aliphatic heterocycles. The third kappa shape index (κ3) is 5.50. The van der Waals surface area contributed by atoms with Gasteiger partial charge in [0.05, 0.1) is 0 Å². The molecule has 0 aromatic heterocycles. The summed E-state index contributed by atoms with van der Waals surface area (Å²) in [6, 6.07) is 14.1. The fourth-order valence-electron chi connectivity index (χ4n) is 6.19. The minimum Gasteiger partial charge on any atom is -0.342 e. The molecule has 3 heterocycles. The summed E-state index contributed by atoms with van der Waals surface area (Å²) in [5.41, 5.74) is 5.40. The van der Waals surface area contributed by atoms with Gasteiger partial charge in [-0.15, -0.1) is 0 Å². The Bertz CT molecular complexity index is 1190. The van der Waals surface area contributed by atoms with Crippen LogP contribution in [0.4, 0.5) is 16.2 Å². The maximum absolute atomic E-state index is 13.0. The Balaban J connectivity index is 1.09. The van der Waals surface area contributed by atoms with Crippen LogP contribution in [0.1, 0.15) is 55.2 Å². The molecule has 196 valence electrons. The lowest BCUT2D eigenvalue weighted by molar-refractivity contribution is -0.132. The number of carbonyl (C=O) groups excluding carboxylic acids is 3. The number of likely N-dealkylation sites (tertiary alicyclic amines) is 2. The van der Waals surface area contributed by atoms with Gasteiger partial charge in [-0.3, -0.25) is 9.59 Å². The molecule has 2 saturated heterocycles. The first-order valence-corrected chi connectivity index (χ1v) is 13.6. The van der Waals surface area contributed by atoms with Gasteiger partial charge in [-0.2, -0.15) is 0 Å². The Morgan fingerprint density at radius 3 is 2.32 bits per heavy atom. The van der Waals surface area contributed by atoms with Gasteiger partial charge in [0.1, 0.15) is 0 Å². The van der Waals surface area contributed by atoms with E-state index >= 15 is 0 Å². The summed E-state index contributed by atoms with van der Waals surface area (Å²) in [7, 11) is 0. The van der Waals surface area contributed by atoms with Crippen LogP contribution in [0.5, 0.6) is 0 Å². The number of urea groups is 1. The van der Waals surface area contributed by atoms with Gasteiger partial charge in [-0.05, 0) is 74.6 Å². The van der Waals surface area contributed by atoms with Crippen molar-refractivity contribution >= 4 is 29.2 Å². The van der Waals surface area contributed by atoms with E-state index in [2.05, 4.69) is 17.4 Å². The Morgan fingerprint density at radius 1 is 0.865 bits per heavy atom. The summed E-state index contributed by atoms with van der Waals surface area (Å²) in [5.74, 6) is 0.114. The lowest BCUT2D eigenvalue weighted by Gasteiger charge is -2.39. The molecule has 2 aromatic rings. The predicted molar refractivity (Wildman–Crippen MR) is 146 cm³/mol. The molecule has 0 radical (unpaired) electrons. The van der Waals surface area contributed by atoms with Crippen molar-refractivity contribution in [1.29, 1.82) is 0 Å². The molecule has 7 nitrogen and oxygen atoms in total. The van der Waals surface area contributed by atoms with E-state index in [0.29, 0.717) is 13.1 Å². The van der Waals surface area contributed by atoms with Gasteiger partial charge in [0.2, 0.25) is 11.8 Å². The fourth-order valence-corrected chi connectivity index (χ4v) is 6.19. The molecule has 5 rings (SSSR count). The normalized spacial score (nSPS) is 18.6. The van der Waals surface area contributed by atoms with Crippen molar-refractivity contribution < 1.29 is 14.4 Å². The van der Waals surface area contributed by atoms with E-state index in [1.165, 1.54) is 11.1 Å². The monoisotopic (exact) mass is 502 g/mol. The van der Waals surface area contributed by atoms with E-state index in [9.17, 15) is 14.4 Å². The van der Waals surface area contributed by atoms with E-state index < -0.39 is 0 Å². The lowest BCUT2D eigenvalue weighted by Crippen LogP contribution is -2.46. The van der Waals surface area contributed by atoms with Crippen molar-refractivity contribution in [3.05, 3.63) is 59.2 Å².